The Bertz CT molecular complexity index is 441. The van der Waals surface area contributed by atoms with Crippen molar-refractivity contribution in [2.45, 2.75) is 20.8 Å². The van der Waals surface area contributed by atoms with Crippen molar-refractivity contribution in [3.63, 3.8) is 0 Å². The highest BCUT2D eigenvalue weighted by molar-refractivity contribution is 5.97. The molecule has 0 saturated carbocycles. The van der Waals surface area contributed by atoms with Crippen LogP contribution in [0, 0.1) is 20.8 Å². The van der Waals surface area contributed by atoms with E-state index in [1.165, 1.54) is 5.56 Å². The first-order valence-corrected chi connectivity index (χ1v) is 6.10. The minimum atomic E-state index is 0.0461. The first kappa shape index (κ1) is 14.2. The number of aryl methyl sites for hydroxylation is 3. The largest absolute Gasteiger partial charge is 0.331 e. The SMILES string of the molecule is C=CCN(CC=C)C(=O)c1c(C)cc(C)cc1C. The lowest BCUT2D eigenvalue weighted by atomic mass is 9.98. The molecule has 0 aliphatic rings. The van der Waals surface area contributed by atoms with E-state index >= 15 is 0 Å². The number of benzene rings is 1. The van der Waals surface area contributed by atoms with Gasteiger partial charge in [-0.1, -0.05) is 29.8 Å². The van der Waals surface area contributed by atoms with Crippen molar-refractivity contribution in [2.75, 3.05) is 13.1 Å². The second-order valence-corrected chi connectivity index (χ2v) is 4.56. The molecule has 1 rings (SSSR count). The summed E-state index contributed by atoms with van der Waals surface area (Å²) in [5.41, 5.74) is 4.02. The van der Waals surface area contributed by atoms with Gasteiger partial charge in [-0.05, 0) is 31.9 Å². The summed E-state index contributed by atoms with van der Waals surface area (Å²) in [6, 6.07) is 4.08. The average molecular weight is 243 g/mol. The van der Waals surface area contributed by atoms with E-state index in [1.807, 2.05) is 32.9 Å². The molecule has 1 aromatic rings. The van der Waals surface area contributed by atoms with Crippen LogP contribution in [0.4, 0.5) is 0 Å². The molecule has 0 saturated heterocycles. The fraction of sp³-hybridized carbons (Fsp3) is 0.312. The molecule has 18 heavy (non-hydrogen) atoms. The Hall–Kier alpha value is -1.83. The van der Waals surface area contributed by atoms with E-state index < -0.39 is 0 Å². The van der Waals surface area contributed by atoms with Crippen LogP contribution in [0.15, 0.2) is 37.4 Å². The third kappa shape index (κ3) is 3.10. The van der Waals surface area contributed by atoms with Crippen molar-refractivity contribution < 1.29 is 4.79 Å². The molecule has 0 atom stereocenters. The zero-order valence-corrected chi connectivity index (χ0v) is 11.5. The Balaban J connectivity index is 3.15. The number of hydrogen-bond donors (Lipinski definition) is 0. The highest BCUT2D eigenvalue weighted by atomic mass is 16.2. The van der Waals surface area contributed by atoms with E-state index in [2.05, 4.69) is 13.2 Å². The molecule has 0 fully saturated rings. The number of carbonyl (C=O) groups is 1. The fourth-order valence-electron chi connectivity index (χ4n) is 2.23. The van der Waals surface area contributed by atoms with Crippen LogP contribution in [0.2, 0.25) is 0 Å². The Morgan fingerprint density at radius 1 is 1.11 bits per heavy atom. The Labute approximate surface area is 110 Å². The second kappa shape index (κ2) is 6.20. The molecule has 96 valence electrons. The summed E-state index contributed by atoms with van der Waals surface area (Å²) in [4.78, 5) is 14.2. The molecule has 0 aliphatic heterocycles. The number of nitrogens with zero attached hydrogens (tertiary/aromatic N) is 1. The lowest BCUT2D eigenvalue weighted by Gasteiger charge is -2.22. The highest BCUT2D eigenvalue weighted by Gasteiger charge is 2.17. The van der Waals surface area contributed by atoms with Gasteiger partial charge in [-0.2, -0.15) is 0 Å². The second-order valence-electron chi connectivity index (χ2n) is 4.56. The van der Waals surface area contributed by atoms with Gasteiger partial charge in [-0.3, -0.25) is 4.79 Å². The van der Waals surface area contributed by atoms with Gasteiger partial charge in [-0.15, -0.1) is 13.2 Å². The van der Waals surface area contributed by atoms with Gasteiger partial charge in [0.25, 0.3) is 5.91 Å². The van der Waals surface area contributed by atoms with Crippen LogP contribution in [0.3, 0.4) is 0 Å². The normalized spacial score (nSPS) is 9.94. The maximum Gasteiger partial charge on any atom is 0.254 e. The minimum Gasteiger partial charge on any atom is -0.331 e. The molecule has 0 N–H and O–H groups in total. The molecule has 2 heteroatoms. The molecule has 0 unspecified atom stereocenters. The van der Waals surface area contributed by atoms with Crippen molar-refractivity contribution in [3.05, 3.63) is 59.7 Å². The quantitative estimate of drug-likeness (QED) is 0.726. The average Bonchev–Trinajstić information content (AvgIpc) is 2.27. The van der Waals surface area contributed by atoms with Crippen molar-refractivity contribution in [1.82, 2.24) is 4.90 Å². The van der Waals surface area contributed by atoms with Crippen LogP contribution in [-0.2, 0) is 0 Å². The molecule has 0 radical (unpaired) electrons. The van der Waals surface area contributed by atoms with E-state index in [-0.39, 0.29) is 5.91 Å². The lowest BCUT2D eigenvalue weighted by molar-refractivity contribution is 0.0789. The van der Waals surface area contributed by atoms with Gasteiger partial charge in [-0.25, -0.2) is 0 Å². The van der Waals surface area contributed by atoms with Gasteiger partial charge in [0.05, 0.1) is 0 Å². The van der Waals surface area contributed by atoms with Crippen molar-refractivity contribution in [3.8, 4) is 0 Å². The predicted molar refractivity (Wildman–Crippen MR) is 77.0 cm³/mol. The van der Waals surface area contributed by atoms with Gasteiger partial charge in [0.2, 0.25) is 0 Å². The number of rotatable bonds is 5. The Kier molecular flexibility index (Phi) is 4.90. The van der Waals surface area contributed by atoms with Gasteiger partial charge in [0.1, 0.15) is 0 Å². The molecular weight excluding hydrogens is 222 g/mol. The Morgan fingerprint density at radius 3 is 1.94 bits per heavy atom. The smallest absolute Gasteiger partial charge is 0.254 e. The summed E-state index contributed by atoms with van der Waals surface area (Å²) in [6.45, 7) is 14.5. The predicted octanol–water partition coefficient (Wildman–Crippen LogP) is 3.43. The number of amides is 1. The summed E-state index contributed by atoms with van der Waals surface area (Å²) in [5.74, 6) is 0.0461. The molecule has 0 aromatic heterocycles. The molecule has 2 nitrogen and oxygen atoms in total. The molecule has 1 amide bonds. The van der Waals surface area contributed by atoms with Gasteiger partial charge in [0.15, 0.2) is 0 Å². The van der Waals surface area contributed by atoms with Crippen molar-refractivity contribution >= 4 is 5.91 Å². The summed E-state index contributed by atoms with van der Waals surface area (Å²) in [7, 11) is 0. The molecule has 1 aromatic carbocycles. The van der Waals surface area contributed by atoms with Crippen LogP contribution < -0.4 is 0 Å². The number of carbonyl (C=O) groups excluding carboxylic acids is 1. The molecule has 0 heterocycles. The van der Waals surface area contributed by atoms with E-state index in [0.29, 0.717) is 13.1 Å². The lowest BCUT2D eigenvalue weighted by Crippen LogP contribution is -2.32. The van der Waals surface area contributed by atoms with Crippen LogP contribution in [0.5, 0.6) is 0 Å². The van der Waals surface area contributed by atoms with Crippen molar-refractivity contribution in [2.24, 2.45) is 0 Å². The van der Waals surface area contributed by atoms with Crippen LogP contribution in [-0.4, -0.2) is 23.9 Å². The first-order chi connectivity index (χ1) is 8.51. The van der Waals surface area contributed by atoms with E-state index in [0.717, 1.165) is 16.7 Å². The third-order valence-corrected chi connectivity index (χ3v) is 2.88. The summed E-state index contributed by atoms with van der Waals surface area (Å²) >= 11 is 0. The van der Waals surface area contributed by atoms with Gasteiger partial charge < -0.3 is 4.90 Å². The van der Waals surface area contributed by atoms with E-state index in [4.69, 9.17) is 0 Å². The minimum absolute atomic E-state index is 0.0461. The fourth-order valence-corrected chi connectivity index (χ4v) is 2.23. The molecule has 0 aliphatic carbocycles. The highest BCUT2D eigenvalue weighted by Crippen LogP contribution is 2.18. The number of hydrogen-bond acceptors (Lipinski definition) is 1. The molecular formula is C16H21NO. The zero-order valence-electron chi connectivity index (χ0n) is 11.5. The van der Waals surface area contributed by atoms with E-state index in [1.54, 1.807) is 17.1 Å². The molecule has 0 bridgehead atoms. The van der Waals surface area contributed by atoms with Crippen molar-refractivity contribution in [1.29, 1.82) is 0 Å². The zero-order chi connectivity index (χ0) is 13.7. The standard InChI is InChI=1S/C16H21NO/c1-6-8-17(9-7-2)16(18)15-13(4)10-12(3)11-14(15)5/h6-7,10-11H,1-2,8-9H2,3-5H3. The Morgan fingerprint density at radius 2 is 1.56 bits per heavy atom. The maximum atomic E-state index is 12.5. The van der Waals surface area contributed by atoms with Crippen LogP contribution in [0.1, 0.15) is 27.0 Å². The van der Waals surface area contributed by atoms with Gasteiger partial charge in [0, 0.05) is 18.7 Å². The summed E-state index contributed by atoms with van der Waals surface area (Å²) in [6.07, 6.45) is 3.47. The molecule has 0 spiro atoms. The monoisotopic (exact) mass is 243 g/mol. The maximum absolute atomic E-state index is 12.5. The third-order valence-electron chi connectivity index (χ3n) is 2.88. The van der Waals surface area contributed by atoms with Crippen LogP contribution in [0.25, 0.3) is 0 Å². The van der Waals surface area contributed by atoms with Crippen LogP contribution >= 0.6 is 0 Å². The van der Waals surface area contributed by atoms with Gasteiger partial charge >= 0.3 is 0 Å². The van der Waals surface area contributed by atoms with E-state index in [9.17, 15) is 4.79 Å². The first-order valence-electron chi connectivity index (χ1n) is 6.10. The summed E-state index contributed by atoms with van der Waals surface area (Å²) in [5, 5.41) is 0. The topological polar surface area (TPSA) is 20.3 Å². The summed E-state index contributed by atoms with van der Waals surface area (Å²) < 4.78 is 0.